The van der Waals surface area contributed by atoms with E-state index in [1.807, 2.05) is 6.92 Å². The predicted molar refractivity (Wildman–Crippen MR) is 46.8 cm³/mol. The van der Waals surface area contributed by atoms with Crippen LogP contribution in [0, 0.1) is 6.08 Å². The Morgan fingerprint density at radius 2 is 1.80 bits per heavy atom. The van der Waals surface area contributed by atoms with Gasteiger partial charge in [0.05, 0.1) is 0 Å². The topological polar surface area (TPSA) is 0 Å². The van der Waals surface area contributed by atoms with Crippen molar-refractivity contribution < 1.29 is 0 Å². The van der Waals surface area contributed by atoms with Gasteiger partial charge in [-0.1, -0.05) is 37.6 Å². The maximum absolute atomic E-state index is 3.00. The first-order valence-electron chi connectivity index (χ1n) is 4.05. The molecule has 10 heavy (non-hydrogen) atoms. The molecular weight excluding hydrogens is 120 g/mol. The van der Waals surface area contributed by atoms with E-state index in [1.54, 1.807) is 0 Å². The third-order valence-electron chi connectivity index (χ3n) is 1.30. The lowest BCUT2D eigenvalue weighted by Crippen LogP contribution is -1.65. The molecule has 0 rings (SSSR count). The van der Waals surface area contributed by atoms with Crippen LogP contribution in [0.1, 0.15) is 39.5 Å². The van der Waals surface area contributed by atoms with Crippen molar-refractivity contribution in [2.24, 2.45) is 0 Å². The van der Waals surface area contributed by atoms with Gasteiger partial charge in [-0.05, 0) is 26.2 Å². The van der Waals surface area contributed by atoms with Gasteiger partial charge in [0.15, 0.2) is 0 Å². The Labute approximate surface area is 64.6 Å². The summed E-state index contributed by atoms with van der Waals surface area (Å²) in [5.41, 5.74) is 0. The van der Waals surface area contributed by atoms with Gasteiger partial charge in [-0.3, -0.25) is 0 Å². The lowest BCUT2D eigenvalue weighted by molar-refractivity contribution is 0.943. The molecule has 1 radical (unpaired) electrons. The summed E-state index contributed by atoms with van der Waals surface area (Å²) in [5.74, 6) is 0. The molecule has 57 valence electrons. The zero-order valence-corrected chi connectivity index (χ0v) is 7.06. The van der Waals surface area contributed by atoms with Crippen LogP contribution in [0.2, 0.25) is 0 Å². The summed E-state index contributed by atoms with van der Waals surface area (Å²) in [6, 6.07) is 0. The summed E-state index contributed by atoms with van der Waals surface area (Å²) >= 11 is 0. The highest BCUT2D eigenvalue weighted by Gasteiger charge is 1.75. The average Bonchev–Trinajstić information content (AvgIpc) is 1.97. The van der Waals surface area contributed by atoms with Crippen LogP contribution >= 0.6 is 0 Å². The minimum atomic E-state index is 1.14. The maximum atomic E-state index is 3.00. The van der Waals surface area contributed by atoms with Crippen molar-refractivity contribution in [1.29, 1.82) is 0 Å². The Morgan fingerprint density at radius 1 is 1.10 bits per heavy atom. The van der Waals surface area contributed by atoms with Crippen LogP contribution in [0.15, 0.2) is 18.2 Å². The highest BCUT2D eigenvalue weighted by Crippen LogP contribution is 1.95. The smallest absolute Gasteiger partial charge is 0.0310 e. The normalized spacial score (nSPS) is 11.8. The number of unbranched alkanes of at least 4 members (excludes halogenated alkanes) is 2. The van der Waals surface area contributed by atoms with Gasteiger partial charge in [0, 0.05) is 0 Å². The van der Waals surface area contributed by atoms with E-state index < -0.39 is 0 Å². The molecule has 0 aromatic carbocycles. The van der Waals surface area contributed by atoms with Crippen LogP contribution in [0.5, 0.6) is 0 Å². The molecule has 0 atom stereocenters. The number of rotatable bonds is 5. The van der Waals surface area contributed by atoms with Crippen LogP contribution < -0.4 is 0 Å². The summed E-state index contributed by atoms with van der Waals surface area (Å²) in [7, 11) is 0. The van der Waals surface area contributed by atoms with E-state index >= 15 is 0 Å². The van der Waals surface area contributed by atoms with Crippen LogP contribution in [0.4, 0.5) is 0 Å². The molecule has 0 aliphatic carbocycles. The van der Waals surface area contributed by atoms with Crippen LogP contribution in [-0.4, -0.2) is 0 Å². The van der Waals surface area contributed by atoms with E-state index in [-0.39, 0.29) is 0 Å². The number of allylic oxidation sites excluding steroid dienone is 4. The number of hydrogen-bond donors (Lipinski definition) is 0. The molecule has 0 fully saturated rings. The summed E-state index contributed by atoms with van der Waals surface area (Å²) in [6.07, 6.45) is 14.4. The van der Waals surface area contributed by atoms with Crippen molar-refractivity contribution >= 4 is 0 Å². The Kier molecular flexibility index (Phi) is 8.04. The van der Waals surface area contributed by atoms with Crippen molar-refractivity contribution in [2.75, 3.05) is 0 Å². The lowest BCUT2D eigenvalue weighted by Gasteiger charge is -1.85. The first kappa shape index (κ1) is 9.48. The molecule has 0 aromatic rings. The molecule has 0 bridgehead atoms. The van der Waals surface area contributed by atoms with E-state index in [1.165, 1.54) is 19.3 Å². The minimum absolute atomic E-state index is 1.14. The minimum Gasteiger partial charge on any atom is -0.0885 e. The largest absolute Gasteiger partial charge is 0.0885 e. The van der Waals surface area contributed by atoms with Gasteiger partial charge in [-0.25, -0.2) is 0 Å². The fourth-order valence-electron chi connectivity index (χ4n) is 0.726. The molecule has 0 spiro atoms. The van der Waals surface area contributed by atoms with Gasteiger partial charge in [0.1, 0.15) is 0 Å². The second-order valence-corrected chi connectivity index (χ2v) is 2.33. The molecule has 0 unspecified atom stereocenters. The van der Waals surface area contributed by atoms with Crippen molar-refractivity contribution in [3.63, 3.8) is 0 Å². The second-order valence-electron chi connectivity index (χ2n) is 2.33. The fourth-order valence-corrected chi connectivity index (χ4v) is 0.726. The summed E-state index contributed by atoms with van der Waals surface area (Å²) in [5, 5.41) is 0. The highest BCUT2D eigenvalue weighted by atomic mass is 13.8. The van der Waals surface area contributed by atoms with E-state index in [2.05, 4.69) is 31.2 Å². The van der Waals surface area contributed by atoms with Crippen LogP contribution in [0.3, 0.4) is 0 Å². The van der Waals surface area contributed by atoms with Crippen molar-refractivity contribution in [1.82, 2.24) is 0 Å². The highest BCUT2D eigenvalue weighted by molar-refractivity contribution is 4.84. The summed E-state index contributed by atoms with van der Waals surface area (Å²) in [4.78, 5) is 0. The number of hydrogen-bond acceptors (Lipinski definition) is 0. The standard InChI is InChI=1S/C10H17/c1-3-5-7-9-10-8-6-4-2/h6-7,9H,3,5,8,10H2,1-2H3. The van der Waals surface area contributed by atoms with E-state index in [4.69, 9.17) is 0 Å². The first-order valence-corrected chi connectivity index (χ1v) is 4.05. The molecule has 0 amide bonds. The Balaban J connectivity index is 3.02. The quantitative estimate of drug-likeness (QED) is 0.402. The molecule has 0 heterocycles. The summed E-state index contributed by atoms with van der Waals surface area (Å²) < 4.78 is 0. The molecule has 0 saturated carbocycles. The monoisotopic (exact) mass is 137 g/mol. The molecular formula is C10H17. The zero-order chi connectivity index (χ0) is 7.66. The predicted octanol–water partition coefficient (Wildman–Crippen LogP) is 3.50. The van der Waals surface area contributed by atoms with E-state index in [0.717, 1.165) is 6.42 Å². The Bertz CT molecular complexity index is 98.6. The van der Waals surface area contributed by atoms with Crippen molar-refractivity contribution in [2.45, 2.75) is 39.5 Å². The molecule has 0 aliphatic heterocycles. The van der Waals surface area contributed by atoms with E-state index in [9.17, 15) is 0 Å². The van der Waals surface area contributed by atoms with Gasteiger partial charge in [0.2, 0.25) is 0 Å². The van der Waals surface area contributed by atoms with Crippen LogP contribution in [0.25, 0.3) is 0 Å². The Hall–Kier alpha value is -0.520. The van der Waals surface area contributed by atoms with Crippen LogP contribution in [-0.2, 0) is 0 Å². The summed E-state index contributed by atoms with van der Waals surface area (Å²) in [6.45, 7) is 4.14. The zero-order valence-electron chi connectivity index (χ0n) is 7.06. The second kappa shape index (κ2) is 8.48. The van der Waals surface area contributed by atoms with Gasteiger partial charge in [-0.2, -0.15) is 0 Å². The lowest BCUT2D eigenvalue weighted by atomic mass is 10.2. The molecule has 0 aliphatic rings. The fraction of sp³-hybridized carbons (Fsp3) is 0.600. The maximum Gasteiger partial charge on any atom is -0.0310 e. The Morgan fingerprint density at radius 3 is 2.40 bits per heavy atom. The SMILES string of the molecule is C[C]=CCCC=CCCC. The van der Waals surface area contributed by atoms with E-state index in [0.29, 0.717) is 0 Å². The molecule has 0 N–H and O–H groups in total. The first-order chi connectivity index (χ1) is 4.91. The molecule has 0 aromatic heterocycles. The van der Waals surface area contributed by atoms with Gasteiger partial charge >= 0.3 is 0 Å². The molecule has 0 heteroatoms. The van der Waals surface area contributed by atoms with Crippen molar-refractivity contribution in [3.8, 4) is 0 Å². The third-order valence-corrected chi connectivity index (χ3v) is 1.30. The molecule has 0 nitrogen and oxygen atoms in total. The molecule has 0 saturated heterocycles. The third kappa shape index (κ3) is 7.48. The van der Waals surface area contributed by atoms with Gasteiger partial charge in [-0.15, -0.1) is 0 Å². The van der Waals surface area contributed by atoms with Gasteiger partial charge < -0.3 is 0 Å². The van der Waals surface area contributed by atoms with Crippen molar-refractivity contribution in [3.05, 3.63) is 24.3 Å². The van der Waals surface area contributed by atoms with Gasteiger partial charge in [0.25, 0.3) is 0 Å². The average molecular weight is 137 g/mol.